The quantitative estimate of drug-likeness (QED) is 0.576. The summed E-state index contributed by atoms with van der Waals surface area (Å²) in [4.78, 5) is 17.5. The third-order valence-electron chi connectivity index (χ3n) is 5.20. The Labute approximate surface area is 179 Å². The Morgan fingerprint density at radius 2 is 1.72 bits per heavy atom. The lowest BCUT2D eigenvalue weighted by Crippen LogP contribution is -2.46. The lowest BCUT2D eigenvalue weighted by Gasteiger charge is -2.33. The number of rotatable bonds is 5. The molecule has 2 heterocycles. The molecule has 0 N–H and O–H groups in total. The fraction of sp³-hybridized carbons (Fsp3) is 0.261. The van der Waals surface area contributed by atoms with Crippen molar-refractivity contribution in [2.45, 2.75) is 6.54 Å². The van der Waals surface area contributed by atoms with Crippen LogP contribution >= 0.6 is 23.2 Å². The Morgan fingerprint density at radius 3 is 2.48 bits per heavy atom. The topological polar surface area (TPSA) is 36.7 Å². The molecule has 2 aromatic carbocycles. The molecule has 1 aliphatic rings. The van der Waals surface area contributed by atoms with Crippen LogP contribution in [0.4, 0.5) is 0 Å². The largest absolute Gasteiger partial charge is 0.462 e. The molecule has 4 rings (SSSR count). The van der Waals surface area contributed by atoms with E-state index in [-0.39, 0.29) is 5.43 Å². The summed E-state index contributed by atoms with van der Waals surface area (Å²) in [6.07, 6.45) is 5.89. The van der Waals surface area contributed by atoms with Gasteiger partial charge in [0.1, 0.15) is 0 Å². The average Bonchev–Trinajstić information content (AvgIpc) is 2.72. The second-order valence-corrected chi connectivity index (χ2v) is 8.09. The van der Waals surface area contributed by atoms with Crippen LogP contribution in [0.1, 0.15) is 11.1 Å². The van der Waals surface area contributed by atoms with Crippen molar-refractivity contribution in [3.8, 4) is 0 Å². The molecule has 0 amide bonds. The molecule has 1 aliphatic heterocycles. The number of benzene rings is 2. The van der Waals surface area contributed by atoms with Crippen LogP contribution in [0, 0.1) is 0 Å². The number of hydrogen-bond donors (Lipinski definition) is 0. The van der Waals surface area contributed by atoms with Gasteiger partial charge in [-0.3, -0.25) is 14.6 Å². The standard InChI is InChI=1S/C23H22Cl2N2O2/c24-19-13-20-22(28)18(16-29-23(20)21(25)14-19)15-27-11-9-26(10-12-27)8-4-7-17-5-2-1-3-6-17/h1-7,13-14,16H,8-12,15H2. The van der Waals surface area contributed by atoms with Gasteiger partial charge in [0, 0.05) is 49.9 Å². The van der Waals surface area contributed by atoms with Gasteiger partial charge in [-0.2, -0.15) is 0 Å². The molecule has 0 aliphatic carbocycles. The highest BCUT2D eigenvalue weighted by atomic mass is 35.5. The Morgan fingerprint density at radius 1 is 1.00 bits per heavy atom. The summed E-state index contributed by atoms with van der Waals surface area (Å²) in [5.41, 5.74) is 2.17. The molecule has 150 valence electrons. The van der Waals surface area contributed by atoms with Gasteiger partial charge in [-0.15, -0.1) is 0 Å². The van der Waals surface area contributed by atoms with E-state index in [1.807, 2.05) is 18.2 Å². The number of fused-ring (bicyclic) bond motifs is 1. The van der Waals surface area contributed by atoms with Crippen LogP contribution in [0.2, 0.25) is 10.0 Å². The zero-order valence-electron chi connectivity index (χ0n) is 16.0. The second-order valence-electron chi connectivity index (χ2n) is 7.24. The van der Waals surface area contributed by atoms with Crippen LogP contribution < -0.4 is 5.43 Å². The maximum Gasteiger partial charge on any atom is 0.197 e. The monoisotopic (exact) mass is 428 g/mol. The van der Waals surface area contributed by atoms with E-state index in [2.05, 4.69) is 34.1 Å². The van der Waals surface area contributed by atoms with Crippen LogP contribution in [-0.2, 0) is 6.54 Å². The molecule has 6 heteroatoms. The van der Waals surface area contributed by atoms with E-state index in [1.165, 1.54) is 11.8 Å². The van der Waals surface area contributed by atoms with Gasteiger partial charge in [-0.1, -0.05) is 65.7 Å². The van der Waals surface area contributed by atoms with Gasteiger partial charge >= 0.3 is 0 Å². The third kappa shape index (κ3) is 4.90. The Kier molecular flexibility index (Phi) is 6.36. The molecule has 1 saturated heterocycles. The van der Waals surface area contributed by atoms with Gasteiger partial charge in [-0.25, -0.2) is 0 Å². The first kappa shape index (κ1) is 20.2. The van der Waals surface area contributed by atoms with Gasteiger partial charge in [0.2, 0.25) is 0 Å². The smallest absolute Gasteiger partial charge is 0.197 e. The van der Waals surface area contributed by atoms with Gasteiger partial charge in [0.15, 0.2) is 11.0 Å². The van der Waals surface area contributed by atoms with Crippen LogP contribution in [0.3, 0.4) is 0 Å². The van der Waals surface area contributed by atoms with E-state index in [9.17, 15) is 4.79 Å². The second kappa shape index (κ2) is 9.14. The summed E-state index contributed by atoms with van der Waals surface area (Å²) in [7, 11) is 0. The van der Waals surface area contributed by atoms with E-state index in [0.29, 0.717) is 33.1 Å². The predicted octanol–water partition coefficient (Wildman–Crippen LogP) is 4.93. The van der Waals surface area contributed by atoms with Crippen LogP contribution in [0.25, 0.3) is 17.0 Å². The first-order valence-corrected chi connectivity index (χ1v) is 10.4. The van der Waals surface area contributed by atoms with Crippen molar-refractivity contribution in [1.29, 1.82) is 0 Å². The summed E-state index contributed by atoms with van der Waals surface area (Å²) < 4.78 is 5.63. The first-order chi connectivity index (χ1) is 14.1. The minimum Gasteiger partial charge on any atom is -0.462 e. The SMILES string of the molecule is O=c1c(CN2CCN(CC=Cc3ccccc3)CC2)coc2c(Cl)cc(Cl)cc12. The molecule has 0 bridgehead atoms. The highest BCUT2D eigenvalue weighted by Crippen LogP contribution is 2.26. The lowest BCUT2D eigenvalue weighted by molar-refractivity contribution is 0.136. The molecular formula is C23H22Cl2N2O2. The van der Waals surface area contributed by atoms with Gasteiger partial charge in [-0.05, 0) is 17.7 Å². The third-order valence-corrected chi connectivity index (χ3v) is 5.70. The first-order valence-electron chi connectivity index (χ1n) is 9.66. The summed E-state index contributed by atoms with van der Waals surface area (Å²) in [6.45, 7) is 5.25. The van der Waals surface area contributed by atoms with Crippen molar-refractivity contribution in [2.75, 3.05) is 32.7 Å². The minimum absolute atomic E-state index is 0.0659. The Hall–Kier alpha value is -2.11. The molecule has 29 heavy (non-hydrogen) atoms. The molecule has 0 unspecified atom stereocenters. The molecule has 0 atom stereocenters. The summed E-state index contributed by atoms with van der Waals surface area (Å²) in [5.74, 6) is 0. The highest BCUT2D eigenvalue weighted by Gasteiger charge is 2.18. The molecule has 1 fully saturated rings. The van der Waals surface area contributed by atoms with Crippen molar-refractivity contribution < 1.29 is 4.42 Å². The summed E-state index contributed by atoms with van der Waals surface area (Å²) in [6, 6.07) is 13.5. The van der Waals surface area contributed by atoms with E-state index < -0.39 is 0 Å². The van der Waals surface area contributed by atoms with E-state index in [4.69, 9.17) is 27.6 Å². The molecule has 1 aromatic heterocycles. The zero-order chi connectivity index (χ0) is 20.2. The highest BCUT2D eigenvalue weighted by molar-refractivity contribution is 6.38. The Bertz CT molecular complexity index is 1070. The minimum atomic E-state index is -0.0659. The number of hydrogen-bond acceptors (Lipinski definition) is 4. The fourth-order valence-corrected chi connectivity index (χ4v) is 4.13. The van der Waals surface area contributed by atoms with E-state index >= 15 is 0 Å². The van der Waals surface area contributed by atoms with Crippen molar-refractivity contribution in [3.63, 3.8) is 0 Å². The molecule has 0 radical (unpaired) electrons. The van der Waals surface area contributed by atoms with Gasteiger partial charge < -0.3 is 4.42 Å². The maximum absolute atomic E-state index is 12.8. The summed E-state index contributed by atoms with van der Waals surface area (Å²) in [5, 5.41) is 1.22. The van der Waals surface area contributed by atoms with E-state index in [1.54, 1.807) is 12.1 Å². The van der Waals surface area contributed by atoms with Gasteiger partial charge in [0.05, 0.1) is 16.7 Å². The number of piperazine rings is 1. The normalized spacial score (nSPS) is 16.1. The van der Waals surface area contributed by atoms with Crippen LogP contribution in [-0.4, -0.2) is 42.5 Å². The molecule has 4 nitrogen and oxygen atoms in total. The zero-order valence-corrected chi connectivity index (χ0v) is 17.5. The number of halogens is 2. The van der Waals surface area contributed by atoms with Crippen molar-refractivity contribution in [3.05, 3.63) is 86.2 Å². The fourth-order valence-electron chi connectivity index (χ4n) is 3.59. The van der Waals surface area contributed by atoms with Crippen LogP contribution in [0.5, 0.6) is 0 Å². The van der Waals surface area contributed by atoms with Crippen molar-refractivity contribution >= 4 is 40.2 Å². The number of nitrogens with zero attached hydrogens (tertiary/aromatic N) is 2. The lowest BCUT2D eigenvalue weighted by atomic mass is 10.1. The van der Waals surface area contributed by atoms with Crippen molar-refractivity contribution in [2.24, 2.45) is 0 Å². The van der Waals surface area contributed by atoms with E-state index in [0.717, 1.165) is 32.7 Å². The van der Waals surface area contributed by atoms with Gasteiger partial charge in [0.25, 0.3) is 0 Å². The Balaban J connectivity index is 1.36. The molecule has 0 saturated carbocycles. The van der Waals surface area contributed by atoms with Crippen molar-refractivity contribution in [1.82, 2.24) is 9.80 Å². The molecule has 0 spiro atoms. The van der Waals surface area contributed by atoms with Crippen LogP contribution in [0.15, 0.2) is 64.0 Å². The molecular weight excluding hydrogens is 407 g/mol. The summed E-state index contributed by atoms with van der Waals surface area (Å²) >= 11 is 12.2. The predicted molar refractivity (Wildman–Crippen MR) is 120 cm³/mol. The maximum atomic E-state index is 12.8. The average molecular weight is 429 g/mol. The molecule has 3 aromatic rings.